The number of hydrogen-bond acceptors (Lipinski definition) is 4. The standard InChI is InChI=1S/C13H16F2N4S/c1-9(2)19-12(17-8-18-19)7-16-10-5-3-4-6-11(10)20-13(14)15/h3-6,8-9,13,16H,7H2,1-2H3. The highest BCUT2D eigenvalue weighted by molar-refractivity contribution is 7.99. The number of thioether (sulfide) groups is 1. The molecular weight excluding hydrogens is 282 g/mol. The van der Waals surface area contributed by atoms with E-state index in [9.17, 15) is 8.78 Å². The zero-order chi connectivity index (χ0) is 14.5. The minimum atomic E-state index is -2.43. The first kappa shape index (κ1) is 14.8. The molecule has 0 aliphatic rings. The number of para-hydroxylation sites is 1. The first-order valence-electron chi connectivity index (χ1n) is 6.24. The predicted molar refractivity (Wildman–Crippen MR) is 76.0 cm³/mol. The van der Waals surface area contributed by atoms with Crippen LogP contribution in [0.15, 0.2) is 35.5 Å². The number of nitrogens with one attached hydrogen (secondary N) is 1. The van der Waals surface area contributed by atoms with E-state index in [0.717, 1.165) is 5.82 Å². The van der Waals surface area contributed by atoms with Gasteiger partial charge in [0, 0.05) is 16.6 Å². The van der Waals surface area contributed by atoms with Crippen LogP contribution < -0.4 is 5.32 Å². The fourth-order valence-corrected chi connectivity index (χ4v) is 2.43. The van der Waals surface area contributed by atoms with Gasteiger partial charge in [-0.05, 0) is 26.0 Å². The normalized spacial score (nSPS) is 11.3. The molecule has 1 heterocycles. The SMILES string of the molecule is CC(C)n1ncnc1CNc1ccccc1SC(F)F. The number of benzene rings is 1. The van der Waals surface area contributed by atoms with Crippen LogP contribution in [0.1, 0.15) is 25.7 Å². The molecule has 0 saturated heterocycles. The molecule has 4 nitrogen and oxygen atoms in total. The molecule has 1 aromatic heterocycles. The summed E-state index contributed by atoms with van der Waals surface area (Å²) in [5, 5.41) is 7.28. The Labute approximate surface area is 120 Å². The first-order valence-corrected chi connectivity index (χ1v) is 7.12. The Bertz CT molecular complexity index is 557. The highest BCUT2D eigenvalue weighted by Crippen LogP contribution is 2.31. The van der Waals surface area contributed by atoms with Gasteiger partial charge in [0.2, 0.25) is 0 Å². The fourth-order valence-electron chi connectivity index (χ4n) is 1.82. The summed E-state index contributed by atoms with van der Waals surface area (Å²) in [7, 11) is 0. The van der Waals surface area contributed by atoms with E-state index >= 15 is 0 Å². The molecule has 20 heavy (non-hydrogen) atoms. The minimum Gasteiger partial charge on any atom is -0.377 e. The zero-order valence-electron chi connectivity index (χ0n) is 11.3. The van der Waals surface area contributed by atoms with Crippen LogP contribution in [0.25, 0.3) is 0 Å². The van der Waals surface area contributed by atoms with Gasteiger partial charge >= 0.3 is 0 Å². The van der Waals surface area contributed by atoms with E-state index in [2.05, 4.69) is 15.4 Å². The van der Waals surface area contributed by atoms with Crippen LogP contribution in [0.4, 0.5) is 14.5 Å². The van der Waals surface area contributed by atoms with E-state index in [-0.39, 0.29) is 6.04 Å². The summed E-state index contributed by atoms with van der Waals surface area (Å²) in [6, 6.07) is 7.21. The van der Waals surface area contributed by atoms with E-state index in [1.807, 2.05) is 19.9 Å². The van der Waals surface area contributed by atoms with Crippen molar-refractivity contribution >= 4 is 17.4 Å². The molecule has 1 aromatic carbocycles. The summed E-state index contributed by atoms with van der Waals surface area (Å²) in [6.07, 6.45) is 1.50. The Kier molecular flexibility index (Phi) is 4.94. The molecule has 0 saturated carbocycles. The molecule has 0 atom stereocenters. The molecule has 108 valence electrons. The average molecular weight is 298 g/mol. The van der Waals surface area contributed by atoms with Crippen molar-refractivity contribution in [1.29, 1.82) is 0 Å². The Balaban J connectivity index is 2.09. The molecule has 0 aliphatic heterocycles. The van der Waals surface area contributed by atoms with Crippen LogP contribution in [0, 0.1) is 0 Å². The van der Waals surface area contributed by atoms with Gasteiger partial charge in [0.25, 0.3) is 5.76 Å². The second-order valence-corrected chi connectivity index (χ2v) is 5.47. The van der Waals surface area contributed by atoms with Gasteiger partial charge in [0.15, 0.2) is 0 Å². The van der Waals surface area contributed by atoms with Gasteiger partial charge in [-0.15, -0.1) is 0 Å². The molecule has 7 heteroatoms. The third-order valence-electron chi connectivity index (χ3n) is 2.68. The maximum Gasteiger partial charge on any atom is 0.288 e. The topological polar surface area (TPSA) is 42.7 Å². The van der Waals surface area contributed by atoms with Gasteiger partial charge in [-0.25, -0.2) is 9.67 Å². The number of nitrogens with zero attached hydrogens (tertiary/aromatic N) is 3. The summed E-state index contributed by atoms with van der Waals surface area (Å²) >= 11 is 0.534. The number of hydrogen-bond donors (Lipinski definition) is 1. The van der Waals surface area contributed by atoms with Gasteiger partial charge in [-0.1, -0.05) is 23.9 Å². The average Bonchev–Trinajstić information content (AvgIpc) is 2.85. The van der Waals surface area contributed by atoms with Gasteiger partial charge in [0.1, 0.15) is 12.2 Å². The van der Waals surface area contributed by atoms with E-state index in [1.165, 1.54) is 6.33 Å². The summed E-state index contributed by atoms with van der Waals surface area (Å²) in [4.78, 5) is 4.70. The smallest absolute Gasteiger partial charge is 0.288 e. The molecule has 1 N–H and O–H groups in total. The van der Waals surface area contributed by atoms with Crippen LogP contribution in [0.5, 0.6) is 0 Å². The summed E-state index contributed by atoms with van der Waals surface area (Å²) in [5.74, 6) is -1.66. The van der Waals surface area contributed by atoms with Crippen LogP contribution in [-0.2, 0) is 6.54 Å². The van der Waals surface area contributed by atoms with Crippen molar-refractivity contribution in [1.82, 2.24) is 14.8 Å². The van der Waals surface area contributed by atoms with E-state index in [4.69, 9.17) is 0 Å². The number of aromatic nitrogens is 3. The predicted octanol–water partition coefficient (Wildman–Crippen LogP) is 3.79. The quantitative estimate of drug-likeness (QED) is 0.824. The Hall–Kier alpha value is -1.63. The maximum atomic E-state index is 12.5. The van der Waals surface area contributed by atoms with Crippen molar-refractivity contribution in [3.8, 4) is 0 Å². The lowest BCUT2D eigenvalue weighted by Gasteiger charge is -2.13. The Morgan fingerprint density at radius 2 is 2.05 bits per heavy atom. The third-order valence-corrected chi connectivity index (χ3v) is 3.46. The van der Waals surface area contributed by atoms with Crippen molar-refractivity contribution in [3.05, 3.63) is 36.4 Å². The number of anilines is 1. The molecule has 0 aliphatic carbocycles. The van der Waals surface area contributed by atoms with Crippen molar-refractivity contribution in [2.75, 3.05) is 5.32 Å². The second kappa shape index (κ2) is 6.69. The van der Waals surface area contributed by atoms with Crippen LogP contribution >= 0.6 is 11.8 Å². The van der Waals surface area contributed by atoms with E-state index < -0.39 is 5.76 Å². The molecule has 0 fully saturated rings. The lowest BCUT2D eigenvalue weighted by Crippen LogP contribution is -2.12. The summed E-state index contributed by atoms with van der Waals surface area (Å²) in [5.41, 5.74) is 0.677. The molecule has 0 spiro atoms. The van der Waals surface area contributed by atoms with Gasteiger partial charge in [-0.2, -0.15) is 13.9 Å². The third kappa shape index (κ3) is 3.69. The maximum absolute atomic E-state index is 12.5. The highest BCUT2D eigenvalue weighted by atomic mass is 32.2. The van der Waals surface area contributed by atoms with Gasteiger partial charge in [0.05, 0.1) is 6.54 Å². The highest BCUT2D eigenvalue weighted by Gasteiger charge is 2.11. The molecule has 0 unspecified atom stereocenters. The minimum absolute atomic E-state index is 0.208. The lowest BCUT2D eigenvalue weighted by molar-refractivity contribution is 0.252. The molecule has 2 rings (SSSR count). The summed E-state index contributed by atoms with van der Waals surface area (Å²) in [6.45, 7) is 4.47. The fraction of sp³-hybridized carbons (Fsp3) is 0.385. The van der Waals surface area contributed by atoms with Crippen LogP contribution in [-0.4, -0.2) is 20.5 Å². The molecule has 0 bridgehead atoms. The van der Waals surface area contributed by atoms with Crippen molar-refractivity contribution < 1.29 is 8.78 Å². The largest absolute Gasteiger partial charge is 0.377 e. The van der Waals surface area contributed by atoms with E-state index in [1.54, 1.807) is 22.9 Å². The zero-order valence-corrected chi connectivity index (χ0v) is 12.1. The van der Waals surface area contributed by atoms with Crippen molar-refractivity contribution in [2.45, 2.75) is 37.1 Å². The molecule has 0 radical (unpaired) electrons. The van der Waals surface area contributed by atoms with E-state index in [0.29, 0.717) is 28.9 Å². The molecule has 0 amide bonds. The first-order chi connectivity index (χ1) is 9.58. The van der Waals surface area contributed by atoms with Crippen LogP contribution in [0.3, 0.4) is 0 Å². The monoisotopic (exact) mass is 298 g/mol. The van der Waals surface area contributed by atoms with Crippen molar-refractivity contribution in [2.24, 2.45) is 0 Å². The molecular formula is C13H16F2N4S. The van der Waals surface area contributed by atoms with Crippen LogP contribution in [0.2, 0.25) is 0 Å². The number of alkyl halides is 2. The van der Waals surface area contributed by atoms with Gasteiger partial charge < -0.3 is 5.32 Å². The van der Waals surface area contributed by atoms with Gasteiger partial charge in [-0.3, -0.25) is 0 Å². The number of rotatable bonds is 6. The van der Waals surface area contributed by atoms with Crippen molar-refractivity contribution in [3.63, 3.8) is 0 Å². The second-order valence-electron chi connectivity index (χ2n) is 4.44. The lowest BCUT2D eigenvalue weighted by atomic mass is 10.3. The Morgan fingerprint density at radius 3 is 2.75 bits per heavy atom. The molecule has 2 aromatic rings. The number of halogens is 2. The summed E-state index contributed by atoms with van der Waals surface area (Å²) < 4.78 is 26.8. The Morgan fingerprint density at radius 1 is 1.30 bits per heavy atom.